The summed E-state index contributed by atoms with van der Waals surface area (Å²) >= 11 is 0. The molecule has 11 heteroatoms. The van der Waals surface area contributed by atoms with Crippen LogP contribution in [0.15, 0.2) is 48.8 Å². The number of aromatic nitrogens is 3. The fourth-order valence-corrected chi connectivity index (χ4v) is 2.88. The van der Waals surface area contributed by atoms with Gasteiger partial charge in [-0.3, -0.25) is 9.48 Å². The highest BCUT2D eigenvalue weighted by Gasteiger charge is 2.36. The van der Waals surface area contributed by atoms with Gasteiger partial charge in [0.2, 0.25) is 0 Å². The van der Waals surface area contributed by atoms with E-state index in [2.05, 4.69) is 15.4 Å². The SMILES string of the molecule is CC(O)(Cn1cc(C#N)c(-c2ccccc2)n1)C(=O)Nc1cnc(C#N)c(C(F)(F)F)c1. The maximum Gasteiger partial charge on any atom is 0.419 e. The van der Waals surface area contributed by atoms with E-state index in [0.717, 1.165) is 13.1 Å². The highest BCUT2D eigenvalue weighted by atomic mass is 19.4. The summed E-state index contributed by atoms with van der Waals surface area (Å²) in [4.78, 5) is 16.0. The van der Waals surface area contributed by atoms with Crippen molar-refractivity contribution in [2.24, 2.45) is 0 Å². The lowest BCUT2D eigenvalue weighted by molar-refractivity contribution is -0.138. The number of alkyl halides is 3. The number of nitriles is 2. The number of carbonyl (C=O) groups excluding carboxylic acids is 1. The zero-order chi connectivity index (χ0) is 23.5. The third kappa shape index (κ3) is 4.74. The second kappa shape index (κ2) is 8.49. The topological polar surface area (TPSA) is 128 Å². The fourth-order valence-electron chi connectivity index (χ4n) is 2.88. The molecule has 2 heterocycles. The molecule has 3 aromatic rings. The normalized spacial score (nSPS) is 13.0. The molecule has 0 radical (unpaired) electrons. The van der Waals surface area contributed by atoms with Crippen LogP contribution in [0.1, 0.15) is 23.7 Å². The lowest BCUT2D eigenvalue weighted by Gasteiger charge is -2.22. The predicted molar refractivity (Wildman–Crippen MR) is 106 cm³/mol. The first-order chi connectivity index (χ1) is 15.0. The van der Waals surface area contributed by atoms with E-state index in [-0.39, 0.29) is 17.8 Å². The first kappa shape index (κ1) is 22.5. The highest BCUT2D eigenvalue weighted by molar-refractivity contribution is 5.96. The number of nitrogens with zero attached hydrogens (tertiary/aromatic N) is 5. The molecule has 0 aliphatic rings. The van der Waals surface area contributed by atoms with Gasteiger partial charge in [-0.25, -0.2) is 4.98 Å². The molecule has 32 heavy (non-hydrogen) atoms. The van der Waals surface area contributed by atoms with Gasteiger partial charge in [-0.05, 0) is 13.0 Å². The largest absolute Gasteiger partial charge is 0.419 e. The van der Waals surface area contributed by atoms with Crippen LogP contribution in [-0.2, 0) is 17.5 Å². The van der Waals surface area contributed by atoms with Gasteiger partial charge in [0, 0.05) is 11.8 Å². The van der Waals surface area contributed by atoms with Crippen molar-refractivity contribution >= 4 is 11.6 Å². The Hall–Kier alpha value is -4.22. The van der Waals surface area contributed by atoms with Crippen LogP contribution in [0.3, 0.4) is 0 Å². The van der Waals surface area contributed by atoms with Crippen molar-refractivity contribution in [1.29, 1.82) is 10.5 Å². The quantitative estimate of drug-likeness (QED) is 0.628. The molecule has 0 saturated carbocycles. The summed E-state index contributed by atoms with van der Waals surface area (Å²) in [6.45, 7) is 0.774. The Balaban J connectivity index is 1.82. The van der Waals surface area contributed by atoms with Gasteiger partial charge in [0.1, 0.15) is 17.8 Å². The molecule has 1 aromatic carbocycles. The van der Waals surface area contributed by atoms with Crippen LogP contribution in [-0.4, -0.2) is 31.4 Å². The molecule has 3 rings (SSSR count). The van der Waals surface area contributed by atoms with Crippen molar-refractivity contribution in [2.45, 2.75) is 25.2 Å². The number of halogens is 3. The Morgan fingerprint density at radius 3 is 2.50 bits per heavy atom. The van der Waals surface area contributed by atoms with Crippen LogP contribution >= 0.6 is 0 Å². The number of hydrogen-bond donors (Lipinski definition) is 2. The second-order valence-corrected chi connectivity index (χ2v) is 7.02. The summed E-state index contributed by atoms with van der Waals surface area (Å²) in [6, 6.07) is 12.7. The van der Waals surface area contributed by atoms with Crippen LogP contribution in [0, 0.1) is 22.7 Å². The molecule has 8 nitrogen and oxygen atoms in total. The van der Waals surface area contributed by atoms with E-state index in [9.17, 15) is 28.3 Å². The molecule has 0 aliphatic carbocycles. The molecule has 1 amide bonds. The van der Waals surface area contributed by atoms with E-state index < -0.39 is 28.9 Å². The number of carbonyl (C=O) groups is 1. The van der Waals surface area contributed by atoms with Crippen molar-refractivity contribution in [3.05, 3.63) is 65.6 Å². The first-order valence-electron chi connectivity index (χ1n) is 9.09. The standard InChI is InChI=1S/C21H15F3N6O2/c1-20(32,12-30-11-14(8-25)18(29-30)13-5-3-2-4-6-13)19(31)28-15-7-16(21(22,23)24)17(9-26)27-10-15/h2-7,10-11,32H,12H2,1H3,(H,28,31). The van der Waals surface area contributed by atoms with Crippen LogP contribution in [0.4, 0.5) is 18.9 Å². The van der Waals surface area contributed by atoms with Crippen molar-refractivity contribution in [2.75, 3.05) is 5.32 Å². The molecule has 0 fully saturated rings. The number of anilines is 1. The lowest BCUT2D eigenvalue weighted by Crippen LogP contribution is -2.44. The zero-order valence-corrected chi connectivity index (χ0v) is 16.6. The maximum absolute atomic E-state index is 13.1. The van der Waals surface area contributed by atoms with Gasteiger partial charge in [0.05, 0.1) is 29.6 Å². The van der Waals surface area contributed by atoms with Gasteiger partial charge in [0.15, 0.2) is 11.3 Å². The van der Waals surface area contributed by atoms with E-state index >= 15 is 0 Å². The summed E-state index contributed by atoms with van der Waals surface area (Å²) < 4.78 is 40.5. The summed E-state index contributed by atoms with van der Waals surface area (Å²) in [6.07, 6.45) is -2.61. The Kier molecular flexibility index (Phi) is 5.96. The van der Waals surface area contributed by atoms with Gasteiger partial charge >= 0.3 is 6.18 Å². The minimum absolute atomic E-state index is 0.221. The monoisotopic (exact) mass is 440 g/mol. The average molecular weight is 440 g/mol. The van der Waals surface area contributed by atoms with Gasteiger partial charge in [-0.15, -0.1) is 0 Å². The number of aliphatic hydroxyl groups is 1. The number of rotatable bonds is 5. The summed E-state index contributed by atoms with van der Waals surface area (Å²) in [5, 5.41) is 35.2. The number of benzene rings is 1. The molecule has 0 saturated heterocycles. The summed E-state index contributed by atoms with van der Waals surface area (Å²) in [7, 11) is 0. The Morgan fingerprint density at radius 1 is 1.22 bits per heavy atom. The fraction of sp³-hybridized carbons (Fsp3) is 0.190. The molecule has 1 unspecified atom stereocenters. The smallest absolute Gasteiger partial charge is 0.378 e. The van der Waals surface area contributed by atoms with E-state index in [1.54, 1.807) is 30.3 Å². The Labute approximate surface area is 180 Å². The van der Waals surface area contributed by atoms with Gasteiger partial charge in [-0.1, -0.05) is 30.3 Å². The van der Waals surface area contributed by atoms with Gasteiger partial charge in [-0.2, -0.15) is 28.8 Å². The third-order valence-corrected chi connectivity index (χ3v) is 4.45. The summed E-state index contributed by atoms with van der Waals surface area (Å²) in [5.74, 6) is -1.02. The third-order valence-electron chi connectivity index (χ3n) is 4.45. The number of pyridine rings is 1. The molecule has 0 spiro atoms. The van der Waals surface area contributed by atoms with Crippen molar-refractivity contribution < 1.29 is 23.1 Å². The van der Waals surface area contributed by atoms with Crippen molar-refractivity contribution in [3.8, 4) is 23.4 Å². The maximum atomic E-state index is 13.1. The minimum atomic E-state index is -4.85. The molecular formula is C21H15F3N6O2. The minimum Gasteiger partial charge on any atom is -0.378 e. The lowest BCUT2D eigenvalue weighted by atomic mass is 10.1. The van der Waals surface area contributed by atoms with E-state index in [4.69, 9.17) is 5.26 Å². The van der Waals surface area contributed by atoms with Crippen molar-refractivity contribution in [1.82, 2.24) is 14.8 Å². The zero-order valence-electron chi connectivity index (χ0n) is 16.6. The molecule has 1 atom stereocenters. The number of amides is 1. The van der Waals surface area contributed by atoms with Crippen LogP contribution in [0.25, 0.3) is 11.3 Å². The molecule has 0 bridgehead atoms. The van der Waals surface area contributed by atoms with Crippen LogP contribution in [0.5, 0.6) is 0 Å². The van der Waals surface area contributed by atoms with Crippen LogP contribution < -0.4 is 5.32 Å². The number of hydrogen-bond acceptors (Lipinski definition) is 6. The van der Waals surface area contributed by atoms with Crippen LogP contribution in [0.2, 0.25) is 0 Å². The molecule has 2 N–H and O–H groups in total. The summed E-state index contributed by atoms with van der Waals surface area (Å²) in [5.41, 5.74) is -3.35. The first-order valence-corrected chi connectivity index (χ1v) is 9.09. The number of nitrogens with one attached hydrogen (secondary N) is 1. The Bertz CT molecular complexity index is 1240. The molecule has 0 aliphatic heterocycles. The predicted octanol–water partition coefficient (Wildman–Crippen LogP) is 3.10. The highest BCUT2D eigenvalue weighted by Crippen LogP contribution is 2.32. The van der Waals surface area contributed by atoms with E-state index in [1.165, 1.54) is 16.9 Å². The second-order valence-electron chi connectivity index (χ2n) is 7.02. The van der Waals surface area contributed by atoms with E-state index in [1.807, 2.05) is 6.07 Å². The van der Waals surface area contributed by atoms with E-state index in [0.29, 0.717) is 17.3 Å². The molecular weight excluding hydrogens is 425 g/mol. The Morgan fingerprint density at radius 2 is 1.91 bits per heavy atom. The molecule has 2 aromatic heterocycles. The van der Waals surface area contributed by atoms with Crippen molar-refractivity contribution in [3.63, 3.8) is 0 Å². The van der Waals surface area contributed by atoms with Gasteiger partial charge in [0.25, 0.3) is 5.91 Å². The molecule has 162 valence electrons. The van der Waals surface area contributed by atoms with Gasteiger partial charge < -0.3 is 10.4 Å². The average Bonchev–Trinajstić information content (AvgIpc) is 3.15.